The highest BCUT2D eigenvalue weighted by Gasteiger charge is 2.19. The third-order valence-electron chi connectivity index (χ3n) is 5.19. The Balaban J connectivity index is 1.36. The van der Waals surface area contributed by atoms with Gasteiger partial charge in [-0.15, -0.1) is 0 Å². The Labute approximate surface area is 159 Å². The summed E-state index contributed by atoms with van der Waals surface area (Å²) < 4.78 is 1.30. The van der Waals surface area contributed by atoms with Crippen LogP contribution in [0.4, 0.5) is 5.13 Å². The molecule has 1 aromatic heterocycles. The third-order valence-corrected chi connectivity index (χ3v) is 6.27. The number of piperazine rings is 1. The summed E-state index contributed by atoms with van der Waals surface area (Å²) in [5, 5.41) is 1.17. The number of anilines is 1. The number of hydrogen-bond acceptors (Lipinski definition) is 4. The summed E-state index contributed by atoms with van der Waals surface area (Å²) in [4.78, 5) is 9.89. The zero-order valence-corrected chi connectivity index (χ0v) is 16.3. The molecule has 0 unspecified atom stereocenters. The van der Waals surface area contributed by atoms with E-state index in [9.17, 15) is 0 Å². The first-order valence-electron chi connectivity index (χ1n) is 9.26. The lowest BCUT2D eigenvalue weighted by molar-refractivity contribution is 0.284. The highest BCUT2D eigenvalue weighted by Crippen LogP contribution is 2.32. The van der Waals surface area contributed by atoms with Gasteiger partial charge in [-0.3, -0.25) is 4.90 Å². The normalized spacial score (nSPS) is 16.0. The second kappa shape index (κ2) is 7.60. The molecular weight excluding hydrogens is 338 g/mol. The molecule has 0 amide bonds. The molecule has 134 valence electrons. The summed E-state index contributed by atoms with van der Waals surface area (Å²) >= 11 is 1.83. The van der Waals surface area contributed by atoms with Crippen molar-refractivity contribution in [3.8, 4) is 0 Å². The van der Waals surface area contributed by atoms with Gasteiger partial charge in [0.25, 0.3) is 0 Å². The van der Waals surface area contributed by atoms with Gasteiger partial charge in [0.2, 0.25) is 0 Å². The molecule has 2 heterocycles. The zero-order valence-electron chi connectivity index (χ0n) is 15.5. The van der Waals surface area contributed by atoms with Crippen molar-refractivity contribution in [1.29, 1.82) is 0 Å². The molecule has 0 spiro atoms. The van der Waals surface area contributed by atoms with Crippen LogP contribution in [-0.2, 0) is 0 Å². The lowest BCUT2D eigenvalue weighted by Gasteiger charge is -2.33. The fraction of sp³-hybridized carbons (Fsp3) is 0.318. The van der Waals surface area contributed by atoms with Gasteiger partial charge >= 0.3 is 0 Å². The van der Waals surface area contributed by atoms with Crippen molar-refractivity contribution >= 4 is 32.8 Å². The highest BCUT2D eigenvalue weighted by molar-refractivity contribution is 7.22. The Hall–Kier alpha value is -2.17. The van der Waals surface area contributed by atoms with E-state index in [-0.39, 0.29) is 0 Å². The van der Waals surface area contributed by atoms with E-state index in [1.807, 2.05) is 11.3 Å². The average Bonchev–Trinajstić information content (AvgIpc) is 3.11. The van der Waals surface area contributed by atoms with E-state index >= 15 is 0 Å². The van der Waals surface area contributed by atoms with Gasteiger partial charge < -0.3 is 4.90 Å². The average molecular weight is 364 g/mol. The van der Waals surface area contributed by atoms with Gasteiger partial charge in [-0.2, -0.15) is 0 Å². The number of fused-ring (bicyclic) bond motifs is 1. The smallest absolute Gasteiger partial charge is 0.186 e. The van der Waals surface area contributed by atoms with E-state index in [0.29, 0.717) is 0 Å². The highest BCUT2D eigenvalue weighted by atomic mass is 32.1. The monoisotopic (exact) mass is 363 g/mol. The van der Waals surface area contributed by atoms with Crippen molar-refractivity contribution in [1.82, 2.24) is 9.88 Å². The second-order valence-corrected chi connectivity index (χ2v) is 7.96. The minimum absolute atomic E-state index is 1.01. The molecule has 0 bridgehead atoms. The van der Waals surface area contributed by atoms with Gasteiger partial charge in [0, 0.05) is 32.7 Å². The molecule has 3 aromatic rings. The van der Waals surface area contributed by atoms with Gasteiger partial charge in [-0.1, -0.05) is 59.9 Å². The quantitative estimate of drug-likeness (QED) is 0.667. The van der Waals surface area contributed by atoms with Crippen molar-refractivity contribution in [2.75, 3.05) is 37.6 Å². The topological polar surface area (TPSA) is 19.4 Å². The predicted octanol–water partition coefficient (Wildman–Crippen LogP) is 4.75. The van der Waals surface area contributed by atoms with Crippen molar-refractivity contribution in [3.05, 3.63) is 65.2 Å². The van der Waals surface area contributed by atoms with E-state index in [1.165, 1.54) is 32.0 Å². The summed E-state index contributed by atoms with van der Waals surface area (Å²) in [7, 11) is 0. The number of hydrogen-bond donors (Lipinski definition) is 0. The number of aromatic nitrogens is 1. The summed E-state index contributed by atoms with van der Waals surface area (Å²) in [5.74, 6) is 0. The second-order valence-electron chi connectivity index (χ2n) is 6.95. The van der Waals surface area contributed by atoms with Crippen LogP contribution in [0.1, 0.15) is 16.7 Å². The molecule has 1 aliphatic rings. The van der Waals surface area contributed by atoms with Crippen molar-refractivity contribution < 1.29 is 0 Å². The predicted molar refractivity (Wildman–Crippen MR) is 113 cm³/mol. The van der Waals surface area contributed by atoms with Crippen LogP contribution in [0.15, 0.2) is 48.5 Å². The Bertz CT molecular complexity index is 906. The summed E-state index contributed by atoms with van der Waals surface area (Å²) in [6, 6.07) is 14.9. The van der Waals surface area contributed by atoms with Crippen LogP contribution >= 0.6 is 11.3 Å². The van der Waals surface area contributed by atoms with Crippen LogP contribution in [-0.4, -0.2) is 42.6 Å². The third kappa shape index (κ3) is 3.67. The van der Waals surface area contributed by atoms with E-state index in [0.717, 1.165) is 32.7 Å². The van der Waals surface area contributed by atoms with E-state index in [4.69, 9.17) is 4.98 Å². The van der Waals surface area contributed by atoms with Gasteiger partial charge in [0.15, 0.2) is 5.13 Å². The first kappa shape index (κ1) is 17.3. The standard InChI is InChI=1S/C22H25N3S/c1-17-10-11-20-21(18(17)2)23-22(26-20)25-15-13-24(14-16-25)12-6-9-19-7-4-3-5-8-19/h3-11H,12-16H2,1-2H3/b9-6+. The molecule has 1 fully saturated rings. The lowest BCUT2D eigenvalue weighted by Crippen LogP contribution is -2.46. The SMILES string of the molecule is Cc1ccc2sc(N3CCN(C/C=C/c4ccccc4)CC3)nc2c1C. The Morgan fingerprint density at radius 1 is 1.00 bits per heavy atom. The van der Waals surface area contributed by atoms with Crippen LogP contribution in [0.25, 0.3) is 16.3 Å². The van der Waals surface area contributed by atoms with Gasteiger partial charge in [-0.25, -0.2) is 4.98 Å². The maximum atomic E-state index is 4.94. The lowest BCUT2D eigenvalue weighted by atomic mass is 10.1. The molecule has 0 radical (unpaired) electrons. The first-order chi connectivity index (χ1) is 12.7. The van der Waals surface area contributed by atoms with E-state index in [2.05, 4.69) is 78.3 Å². The molecule has 4 rings (SSSR count). The largest absolute Gasteiger partial charge is 0.345 e. The summed E-state index contributed by atoms with van der Waals surface area (Å²) in [6.07, 6.45) is 4.49. The summed E-state index contributed by atoms with van der Waals surface area (Å²) in [6.45, 7) is 9.64. The van der Waals surface area contributed by atoms with Crippen LogP contribution in [0.5, 0.6) is 0 Å². The van der Waals surface area contributed by atoms with Crippen LogP contribution in [0, 0.1) is 13.8 Å². The molecular formula is C22H25N3S. The van der Waals surface area contributed by atoms with E-state index in [1.54, 1.807) is 0 Å². The molecule has 1 aliphatic heterocycles. The van der Waals surface area contributed by atoms with Crippen molar-refractivity contribution in [2.45, 2.75) is 13.8 Å². The molecule has 0 aliphatic carbocycles. The van der Waals surface area contributed by atoms with Gasteiger partial charge in [-0.05, 0) is 36.6 Å². The fourth-order valence-electron chi connectivity index (χ4n) is 3.37. The Morgan fingerprint density at radius 2 is 1.77 bits per heavy atom. The van der Waals surface area contributed by atoms with Crippen LogP contribution < -0.4 is 4.90 Å². The van der Waals surface area contributed by atoms with Crippen molar-refractivity contribution in [3.63, 3.8) is 0 Å². The first-order valence-corrected chi connectivity index (χ1v) is 10.1. The zero-order chi connectivity index (χ0) is 17.9. The Kier molecular flexibility index (Phi) is 5.05. The molecule has 2 aromatic carbocycles. The van der Waals surface area contributed by atoms with Gasteiger partial charge in [0.05, 0.1) is 10.2 Å². The molecule has 4 heteroatoms. The number of benzene rings is 2. The molecule has 26 heavy (non-hydrogen) atoms. The molecule has 0 N–H and O–H groups in total. The molecule has 0 saturated carbocycles. The number of thiazole rings is 1. The molecule has 3 nitrogen and oxygen atoms in total. The fourth-order valence-corrected chi connectivity index (χ4v) is 4.45. The van der Waals surface area contributed by atoms with Crippen LogP contribution in [0.3, 0.4) is 0 Å². The van der Waals surface area contributed by atoms with Crippen molar-refractivity contribution in [2.24, 2.45) is 0 Å². The number of rotatable bonds is 4. The minimum Gasteiger partial charge on any atom is -0.345 e. The minimum atomic E-state index is 1.01. The number of aryl methyl sites for hydroxylation is 2. The van der Waals surface area contributed by atoms with E-state index < -0.39 is 0 Å². The van der Waals surface area contributed by atoms with Crippen LogP contribution in [0.2, 0.25) is 0 Å². The number of nitrogens with zero attached hydrogens (tertiary/aromatic N) is 3. The molecule has 1 saturated heterocycles. The Morgan fingerprint density at radius 3 is 2.54 bits per heavy atom. The summed E-state index contributed by atoms with van der Waals surface area (Å²) in [5.41, 5.74) is 5.09. The molecule has 0 atom stereocenters. The maximum absolute atomic E-state index is 4.94. The van der Waals surface area contributed by atoms with Gasteiger partial charge in [0.1, 0.15) is 0 Å². The maximum Gasteiger partial charge on any atom is 0.186 e.